The number of nitrogens with one attached hydrogen (secondary N) is 1. The smallest absolute Gasteiger partial charge is 0.162 e. The van der Waals surface area contributed by atoms with Gasteiger partial charge >= 0.3 is 0 Å². The van der Waals surface area contributed by atoms with Crippen LogP contribution in [0.15, 0.2) is 77.7 Å². The Hall–Kier alpha value is -3.54. The zero-order chi connectivity index (χ0) is 17.8. The fourth-order valence-corrected chi connectivity index (χ4v) is 2.57. The molecule has 0 radical (unpaired) electrons. The third-order valence-corrected chi connectivity index (χ3v) is 3.84. The lowest BCUT2D eigenvalue weighted by Gasteiger charge is -2.10. The quantitative estimate of drug-likeness (QED) is 0.574. The first kappa shape index (κ1) is 16.0. The fourth-order valence-electron chi connectivity index (χ4n) is 2.57. The second-order valence-corrected chi connectivity index (χ2v) is 5.61. The van der Waals surface area contributed by atoms with Crippen LogP contribution in [0.4, 0.5) is 10.2 Å². The summed E-state index contributed by atoms with van der Waals surface area (Å²) in [4.78, 5) is 13.1. The molecule has 5 nitrogen and oxygen atoms in total. The van der Waals surface area contributed by atoms with Crippen LogP contribution in [0.1, 0.15) is 5.76 Å². The molecule has 0 unspecified atom stereocenters. The van der Waals surface area contributed by atoms with Crippen LogP contribution in [0, 0.1) is 5.82 Å². The number of anilines is 1. The zero-order valence-corrected chi connectivity index (χ0v) is 13.8. The van der Waals surface area contributed by atoms with Crippen LogP contribution in [-0.4, -0.2) is 15.0 Å². The average Bonchev–Trinajstić information content (AvgIpc) is 3.21. The minimum Gasteiger partial charge on any atom is -0.467 e. The largest absolute Gasteiger partial charge is 0.467 e. The van der Waals surface area contributed by atoms with Crippen molar-refractivity contribution < 1.29 is 8.81 Å². The number of aromatic nitrogens is 3. The van der Waals surface area contributed by atoms with Crippen LogP contribution < -0.4 is 5.32 Å². The Bertz CT molecular complexity index is 1000. The maximum Gasteiger partial charge on any atom is 0.162 e. The van der Waals surface area contributed by atoms with Gasteiger partial charge in [0, 0.05) is 29.6 Å². The molecule has 26 heavy (non-hydrogen) atoms. The molecule has 0 aliphatic heterocycles. The van der Waals surface area contributed by atoms with Gasteiger partial charge in [0.05, 0.1) is 18.5 Å². The molecule has 3 heterocycles. The summed E-state index contributed by atoms with van der Waals surface area (Å²) in [6, 6.07) is 15.6. The predicted molar refractivity (Wildman–Crippen MR) is 96.7 cm³/mol. The number of rotatable bonds is 5. The lowest BCUT2D eigenvalue weighted by Crippen LogP contribution is -2.04. The summed E-state index contributed by atoms with van der Waals surface area (Å²) in [5.41, 5.74) is 1.73. The molecule has 0 spiro atoms. The van der Waals surface area contributed by atoms with Crippen molar-refractivity contribution in [1.82, 2.24) is 15.0 Å². The van der Waals surface area contributed by atoms with E-state index in [-0.39, 0.29) is 5.82 Å². The Labute approximate surface area is 149 Å². The number of pyridine rings is 1. The number of benzene rings is 1. The van der Waals surface area contributed by atoms with Crippen molar-refractivity contribution in [2.45, 2.75) is 6.54 Å². The topological polar surface area (TPSA) is 63.8 Å². The molecule has 0 amide bonds. The van der Waals surface area contributed by atoms with Crippen LogP contribution in [0.2, 0.25) is 0 Å². The second-order valence-electron chi connectivity index (χ2n) is 5.61. The van der Waals surface area contributed by atoms with E-state index in [0.717, 1.165) is 11.3 Å². The van der Waals surface area contributed by atoms with E-state index in [1.165, 1.54) is 6.07 Å². The van der Waals surface area contributed by atoms with Crippen molar-refractivity contribution in [2.75, 3.05) is 5.32 Å². The second kappa shape index (κ2) is 7.14. The fraction of sp³-hybridized carbons (Fsp3) is 0.0500. The minimum absolute atomic E-state index is 0.330. The number of hydrogen-bond donors (Lipinski definition) is 1. The van der Waals surface area contributed by atoms with E-state index in [1.807, 2.05) is 24.3 Å². The monoisotopic (exact) mass is 346 g/mol. The van der Waals surface area contributed by atoms with E-state index >= 15 is 0 Å². The van der Waals surface area contributed by atoms with Crippen molar-refractivity contribution in [3.05, 3.63) is 84.8 Å². The molecular formula is C20H15FN4O. The highest BCUT2D eigenvalue weighted by atomic mass is 19.1. The van der Waals surface area contributed by atoms with Crippen molar-refractivity contribution in [3.63, 3.8) is 0 Å². The summed E-state index contributed by atoms with van der Waals surface area (Å²) in [5.74, 6) is 1.53. The van der Waals surface area contributed by atoms with Crippen molar-refractivity contribution in [1.29, 1.82) is 0 Å². The molecule has 1 aromatic carbocycles. The van der Waals surface area contributed by atoms with Crippen molar-refractivity contribution >= 4 is 5.82 Å². The first-order valence-corrected chi connectivity index (χ1v) is 8.10. The molecule has 3 aromatic heterocycles. The Morgan fingerprint density at radius 3 is 2.58 bits per heavy atom. The van der Waals surface area contributed by atoms with Crippen LogP contribution in [-0.2, 0) is 6.54 Å². The molecule has 4 rings (SSSR count). The van der Waals surface area contributed by atoms with E-state index in [4.69, 9.17) is 4.42 Å². The molecule has 1 N–H and O–H groups in total. The molecule has 0 saturated heterocycles. The van der Waals surface area contributed by atoms with Crippen LogP contribution in [0.5, 0.6) is 0 Å². The third-order valence-electron chi connectivity index (χ3n) is 3.84. The van der Waals surface area contributed by atoms with Gasteiger partial charge in [-0.15, -0.1) is 0 Å². The molecule has 6 heteroatoms. The average molecular weight is 346 g/mol. The maximum atomic E-state index is 14.2. The molecular weight excluding hydrogens is 331 g/mol. The van der Waals surface area contributed by atoms with Gasteiger partial charge in [0.1, 0.15) is 17.4 Å². The van der Waals surface area contributed by atoms with Crippen LogP contribution >= 0.6 is 0 Å². The van der Waals surface area contributed by atoms with Gasteiger partial charge in [-0.1, -0.05) is 12.1 Å². The van der Waals surface area contributed by atoms with Gasteiger partial charge in [0.25, 0.3) is 0 Å². The normalized spacial score (nSPS) is 10.7. The Morgan fingerprint density at radius 1 is 0.962 bits per heavy atom. The van der Waals surface area contributed by atoms with E-state index in [0.29, 0.717) is 29.4 Å². The van der Waals surface area contributed by atoms with Gasteiger partial charge in [-0.2, -0.15) is 0 Å². The Morgan fingerprint density at radius 2 is 1.81 bits per heavy atom. The highest BCUT2D eigenvalue weighted by Gasteiger charge is 2.12. The van der Waals surface area contributed by atoms with E-state index < -0.39 is 0 Å². The SMILES string of the molecule is Fc1ccccc1-c1cc(NCc2ccco2)nc(-c2ccncc2)n1. The summed E-state index contributed by atoms with van der Waals surface area (Å²) >= 11 is 0. The molecule has 4 aromatic rings. The van der Waals surface area contributed by atoms with E-state index in [9.17, 15) is 4.39 Å². The van der Waals surface area contributed by atoms with Gasteiger partial charge in [-0.25, -0.2) is 14.4 Å². The number of furan rings is 1. The standard InChI is InChI=1S/C20H15FN4O/c21-17-6-2-1-5-16(17)18-12-19(23-13-15-4-3-11-26-15)25-20(24-18)14-7-9-22-10-8-14/h1-12H,13H2,(H,23,24,25). The molecule has 0 saturated carbocycles. The van der Waals surface area contributed by atoms with E-state index in [2.05, 4.69) is 20.3 Å². The molecule has 0 aliphatic carbocycles. The predicted octanol–water partition coefficient (Wildman–Crippen LogP) is 4.55. The summed E-state index contributed by atoms with van der Waals surface area (Å²) < 4.78 is 19.6. The zero-order valence-electron chi connectivity index (χ0n) is 13.8. The highest BCUT2D eigenvalue weighted by molar-refractivity contribution is 5.67. The van der Waals surface area contributed by atoms with Gasteiger partial charge in [-0.05, 0) is 36.4 Å². The van der Waals surface area contributed by atoms with E-state index in [1.54, 1.807) is 42.9 Å². The Balaban J connectivity index is 1.75. The van der Waals surface area contributed by atoms with Gasteiger partial charge in [0.15, 0.2) is 5.82 Å². The molecule has 0 bridgehead atoms. The molecule has 0 aliphatic rings. The highest BCUT2D eigenvalue weighted by Crippen LogP contribution is 2.26. The lowest BCUT2D eigenvalue weighted by atomic mass is 10.1. The molecule has 0 fully saturated rings. The summed E-state index contributed by atoms with van der Waals surface area (Å²) in [7, 11) is 0. The number of halogens is 1. The number of nitrogens with zero attached hydrogens (tertiary/aromatic N) is 3. The molecule has 128 valence electrons. The minimum atomic E-state index is -0.330. The maximum absolute atomic E-state index is 14.2. The lowest BCUT2D eigenvalue weighted by molar-refractivity contribution is 0.518. The van der Waals surface area contributed by atoms with Gasteiger partial charge < -0.3 is 9.73 Å². The van der Waals surface area contributed by atoms with Gasteiger partial charge in [0.2, 0.25) is 0 Å². The third kappa shape index (κ3) is 3.44. The van der Waals surface area contributed by atoms with Gasteiger partial charge in [-0.3, -0.25) is 4.98 Å². The van der Waals surface area contributed by atoms with Crippen LogP contribution in [0.3, 0.4) is 0 Å². The first-order chi connectivity index (χ1) is 12.8. The molecule has 0 atom stereocenters. The Kier molecular flexibility index (Phi) is 4.38. The summed E-state index contributed by atoms with van der Waals surface area (Å²) in [6.07, 6.45) is 4.96. The van der Waals surface area contributed by atoms with Crippen molar-refractivity contribution in [2.24, 2.45) is 0 Å². The summed E-state index contributed by atoms with van der Waals surface area (Å²) in [6.45, 7) is 0.469. The van der Waals surface area contributed by atoms with Crippen molar-refractivity contribution in [3.8, 4) is 22.6 Å². The summed E-state index contributed by atoms with van der Waals surface area (Å²) in [5, 5.41) is 3.20. The number of hydrogen-bond acceptors (Lipinski definition) is 5. The van der Waals surface area contributed by atoms with Crippen LogP contribution in [0.25, 0.3) is 22.6 Å². The first-order valence-electron chi connectivity index (χ1n) is 8.10.